The summed E-state index contributed by atoms with van der Waals surface area (Å²) in [4.78, 5) is -0.318. The normalized spacial score (nSPS) is 18.0. The van der Waals surface area contributed by atoms with Gasteiger partial charge in [-0.2, -0.15) is 0 Å². The second-order valence-corrected chi connectivity index (χ2v) is 9.51. The molecule has 0 rings (SSSR count). The molecule has 0 bridgehead atoms. The first-order valence-electron chi connectivity index (χ1n) is 4.75. The van der Waals surface area contributed by atoms with Gasteiger partial charge >= 0.3 is 0 Å². The van der Waals surface area contributed by atoms with Crippen molar-refractivity contribution in [1.29, 1.82) is 0 Å². The van der Waals surface area contributed by atoms with Gasteiger partial charge in [0.1, 0.15) is 0 Å². The zero-order valence-electron chi connectivity index (χ0n) is 9.73. The Morgan fingerprint density at radius 1 is 0.786 bits per heavy atom. The van der Waals surface area contributed by atoms with Crippen LogP contribution in [-0.2, 0) is 0 Å². The Morgan fingerprint density at radius 2 is 1.00 bits per heavy atom. The molecule has 86 valence electrons. The maximum absolute atomic E-state index is 6.21. The quantitative estimate of drug-likeness (QED) is 0.501. The minimum Gasteiger partial charge on any atom is -0.119 e. The van der Waals surface area contributed by atoms with Gasteiger partial charge in [-0.3, -0.25) is 0 Å². The van der Waals surface area contributed by atoms with E-state index in [2.05, 4.69) is 13.8 Å². The van der Waals surface area contributed by atoms with Crippen molar-refractivity contribution in [1.82, 2.24) is 0 Å². The number of hydrogen-bond donors (Lipinski definition) is 0. The van der Waals surface area contributed by atoms with Crippen LogP contribution in [0.1, 0.15) is 41.5 Å². The van der Waals surface area contributed by atoms with E-state index < -0.39 is 0 Å². The number of halogens is 2. The van der Waals surface area contributed by atoms with Gasteiger partial charge in [-0.1, -0.05) is 35.4 Å². The lowest BCUT2D eigenvalue weighted by Crippen LogP contribution is -2.26. The molecule has 0 saturated carbocycles. The molecule has 0 fully saturated rings. The number of alkyl halides is 2. The molecule has 0 amide bonds. The molecular formula is C10H20Cl2S2. The van der Waals surface area contributed by atoms with E-state index in [4.69, 9.17) is 23.2 Å². The monoisotopic (exact) mass is 274 g/mol. The van der Waals surface area contributed by atoms with Crippen LogP contribution in [0, 0.1) is 0 Å². The molecule has 4 heteroatoms. The highest BCUT2D eigenvalue weighted by Gasteiger charge is 2.28. The van der Waals surface area contributed by atoms with Crippen molar-refractivity contribution in [3.63, 3.8) is 0 Å². The second-order valence-electron chi connectivity index (χ2n) is 4.61. The first kappa shape index (κ1) is 15.3. The molecule has 0 aliphatic heterocycles. The van der Waals surface area contributed by atoms with Crippen LogP contribution in [-0.4, -0.2) is 20.2 Å². The van der Waals surface area contributed by atoms with E-state index in [1.54, 1.807) is 0 Å². The molecule has 0 aromatic heterocycles. The molecule has 0 heterocycles. The predicted octanol–water partition coefficient (Wildman–Crippen LogP) is 5.18. The summed E-state index contributed by atoms with van der Waals surface area (Å²) in [6.45, 7) is 12.5. The lowest BCUT2D eigenvalue weighted by Gasteiger charge is -2.28. The Morgan fingerprint density at radius 3 is 1.14 bits per heavy atom. The molecule has 0 radical (unpaired) electrons. The van der Waals surface area contributed by atoms with E-state index in [-0.39, 0.29) is 9.75 Å². The molecule has 14 heavy (non-hydrogen) atoms. The van der Waals surface area contributed by atoms with E-state index in [9.17, 15) is 0 Å². The fourth-order valence-electron chi connectivity index (χ4n) is 0.395. The summed E-state index contributed by atoms with van der Waals surface area (Å²) < 4.78 is 0. The Labute approximate surface area is 106 Å². The SMILES string of the molecule is CC(SSC(C)C(C)(C)Cl)C(C)(C)Cl. The topological polar surface area (TPSA) is 0 Å². The number of hydrogen-bond acceptors (Lipinski definition) is 2. The molecule has 0 aromatic carbocycles. The summed E-state index contributed by atoms with van der Waals surface area (Å²) in [6, 6.07) is 0. The lowest BCUT2D eigenvalue weighted by atomic mass is 10.1. The van der Waals surface area contributed by atoms with Gasteiger partial charge < -0.3 is 0 Å². The van der Waals surface area contributed by atoms with E-state index >= 15 is 0 Å². The molecule has 0 aromatic rings. The highest BCUT2D eigenvalue weighted by Crippen LogP contribution is 2.42. The van der Waals surface area contributed by atoms with Gasteiger partial charge in [-0.15, -0.1) is 23.2 Å². The van der Waals surface area contributed by atoms with Crippen LogP contribution in [0.25, 0.3) is 0 Å². The molecule has 0 saturated heterocycles. The summed E-state index contributed by atoms with van der Waals surface area (Å²) in [5.74, 6) is 0. The first-order valence-corrected chi connectivity index (χ1v) is 7.78. The van der Waals surface area contributed by atoms with E-state index in [1.165, 1.54) is 0 Å². The fourth-order valence-corrected chi connectivity index (χ4v) is 4.21. The van der Waals surface area contributed by atoms with Crippen LogP contribution in [0.15, 0.2) is 0 Å². The Kier molecular flexibility index (Phi) is 6.07. The smallest absolute Gasteiger partial charge is 0.0514 e. The van der Waals surface area contributed by atoms with Crippen LogP contribution >= 0.6 is 44.8 Å². The minimum absolute atomic E-state index is 0.159. The Balaban J connectivity index is 3.96. The van der Waals surface area contributed by atoms with E-state index in [0.717, 1.165) is 0 Å². The summed E-state index contributed by atoms with van der Waals surface area (Å²) in [6.07, 6.45) is 0. The van der Waals surface area contributed by atoms with Gasteiger partial charge in [0.2, 0.25) is 0 Å². The fraction of sp³-hybridized carbons (Fsp3) is 1.00. The van der Waals surface area contributed by atoms with Crippen LogP contribution < -0.4 is 0 Å². The molecule has 0 aliphatic rings. The summed E-state index contributed by atoms with van der Waals surface area (Å²) in [7, 11) is 3.64. The van der Waals surface area contributed by atoms with E-state index in [0.29, 0.717) is 10.5 Å². The molecule has 0 N–H and O–H groups in total. The van der Waals surface area contributed by atoms with Crippen LogP contribution in [0.5, 0.6) is 0 Å². The van der Waals surface area contributed by atoms with Crippen molar-refractivity contribution in [3.8, 4) is 0 Å². The third kappa shape index (κ3) is 5.99. The summed E-state index contributed by atoms with van der Waals surface area (Å²) in [5, 5.41) is 0.825. The zero-order valence-corrected chi connectivity index (χ0v) is 12.9. The van der Waals surface area contributed by atoms with Crippen molar-refractivity contribution in [2.24, 2.45) is 0 Å². The van der Waals surface area contributed by atoms with Gasteiger partial charge in [-0.05, 0) is 27.7 Å². The average molecular weight is 275 g/mol. The van der Waals surface area contributed by atoms with E-state index in [1.807, 2.05) is 49.3 Å². The second kappa shape index (κ2) is 5.56. The van der Waals surface area contributed by atoms with Crippen molar-refractivity contribution >= 4 is 44.8 Å². The average Bonchev–Trinajstić information content (AvgIpc) is 1.95. The van der Waals surface area contributed by atoms with Crippen molar-refractivity contribution in [3.05, 3.63) is 0 Å². The third-order valence-corrected chi connectivity index (χ3v) is 7.12. The molecule has 2 unspecified atom stereocenters. The zero-order chi connectivity index (χ0) is 11.6. The van der Waals surface area contributed by atoms with Gasteiger partial charge in [0.05, 0.1) is 9.75 Å². The van der Waals surface area contributed by atoms with Gasteiger partial charge in [0, 0.05) is 10.5 Å². The maximum atomic E-state index is 6.21. The summed E-state index contributed by atoms with van der Waals surface area (Å²) >= 11 is 12.4. The summed E-state index contributed by atoms with van der Waals surface area (Å²) in [5.41, 5.74) is 0. The Bertz CT molecular complexity index is 150. The van der Waals surface area contributed by atoms with Gasteiger partial charge in [0.15, 0.2) is 0 Å². The largest absolute Gasteiger partial charge is 0.119 e. The molecule has 0 aliphatic carbocycles. The highest BCUT2D eigenvalue weighted by atomic mass is 35.5. The van der Waals surface area contributed by atoms with Gasteiger partial charge in [-0.25, -0.2) is 0 Å². The van der Waals surface area contributed by atoms with Crippen LogP contribution in [0.3, 0.4) is 0 Å². The first-order chi connectivity index (χ1) is 6.05. The minimum atomic E-state index is -0.159. The standard InChI is InChI=1S/C10H20Cl2S2/c1-7(9(3,4)11)13-14-8(2)10(5,6)12/h7-8H,1-6H3. The van der Waals surface area contributed by atoms with Crippen molar-refractivity contribution in [2.75, 3.05) is 0 Å². The molecular weight excluding hydrogens is 255 g/mol. The highest BCUT2D eigenvalue weighted by molar-refractivity contribution is 8.77. The van der Waals surface area contributed by atoms with Crippen molar-refractivity contribution in [2.45, 2.75) is 61.8 Å². The molecule has 0 spiro atoms. The van der Waals surface area contributed by atoms with Gasteiger partial charge in [0.25, 0.3) is 0 Å². The van der Waals surface area contributed by atoms with Crippen LogP contribution in [0.2, 0.25) is 0 Å². The van der Waals surface area contributed by atoms with Crippen LogP contribution in [0.4, 0.5) is 0 Å². The maximum Gasteiger partial charge on any atom is 0.0514 e. The lowest BCUT2D eigenvalue weighted by molar-refractivity contribution is 0.685. The number of rotatable bonds is 5. The molecule has 2 atom stereocenters. The third-order valence-electron chi connectivity index (χ3n) is 2.28. The predicted molar refractivity (Wildman–Crippen MR) is 74.0 cm³/mol. The molecule has 0 nitrogen and oxygen atoms in total. The Hall–Kier alpha value is 1.28. The van der Waals surface area contributed by atoms with Crippen molar-refractivity contribution < 1.29 is 0 Å².